The van der Waals surface area contributed by atoms with Crippen LogP contribution in [-0.2, 0) is 14.3 Å². The van der Waals surface area contributed by atoms with Crippen molar-refractivity contribution in [3.8, 4) is 11.6 Å². The third-order valence-electron chi connectivity index (χ3n) is 5.86. The zero-order valence-electron chi connectivity index (χ0n) is 22.0. The Morgan fingerprint density at radius 2 is 1.83 bits per heavy atom. The molecule has 1 fully saturated rings. The molecule has 3 N–H and O–H groups in total. The molecule has 1 aliphatic rings. The minimum atomic E-state index is -0.948. The van der Waals surface area contributed by atoms with Gasteiger partial charge in [-0.15, -0.1) is 0 Å². The summed E-state index contributed by atoms with van der Waals surface area (Å²) in [5.41, 5.74) is 4.28. The molecule has 10 nitrogen and oxygen atoms in total. The van der Waals surface area contributed by atoms with Crippen LogP contribution < -0.4 is 20.5 Å². The van der Waals surface area contributed by atoms with Crippen LogP contribution in [0.25, 0.3) is 10.8 Å². The molecular weight excluding hydrogens is 464 g/mol. The molecule has 2 aromatic rings. The molecule has 1 saturated heterocycles. The summed E-state index contributed by atoms with van der Waals surface area (Å²) in [5.74, 6) is 0.0163. The van der Waals surface area contributed by atoms with E-state index in [2.05, 4.69) is 10.3 Å². The van der Waals surface area contributed by atoms with Gasteiger partial charge in [0.05, 0.1) is 13.7 Å². The minimum absolute atomic E-state index is 0.114. The molecule has 3 atom stereocenters. The maximum Gasteiger partial charge on any atom is 0.408 e. The number of hydrogen-bond acceptors (Lipinski definition) is 7. The quantitative estimate of drug-likeness (QED) is 0.623. The van der Waals surface area contributed by atoms with Crippen molar-refractivity contribution in [2.24, 2.45) is 11.1 Å². The summed E-state index contributed by atoms with van der Waals surface area (Å²) in [6, 6.07) is 5.54. The fourth-order valence-corrected chi connectivity index (χ4v) is 4.14. The summed E-state index contributed by atoms with van der Waals surface area (Å²) in [7, 11) is 1.59. The molecule has 10 heteroatoms. The van der Waals surface area contributed by atoms with Gasteiger partial charge in [-0.05, 0) is 55.8 Å². The Hall–Kier alpha value is -3.56. The first-order valence-corrected chi connectivity index (χ1v) is 11.9. The van der Waals surface area contributed by atoms with Crippen LogP contribution in [0.3, 0.4) is 0 Å². The van der Waals surface area contributed by atoms with Crippen molar-refractivity contribution < 1.29 is 28.6 Å². The number of methoxy groups -OCH3 is 1. The number of pyridine rings is 1. The summed E-state index contributed by atoms with van der Waals surface area (Å²) in [6.45, 7) is 10.8. The molecule has 0 aliphatic carbocycles. The Morgan fingerprint density at radius 1 is 1.14 bits per heavy atom. The molecular formula is C26H36N4O6. The second-order valence-electron chi connectivity index (χ2n) is 11.0. The van der Waals surface area contributed by atoms with Gasteiger partial charge in [0.25, 0.3) is 0 Å². The lowest BCUT2D eigenvalue weighted by Gasteiger charge is -2.35. The highest BCUT2D eigenvalue weighted by Gasteiger charge is 2.45. The molecule has 3 rings (SSSR count). The van der Waals surface area contributed by atoms with Gasteiger partial charge in [0, 0.05) is 18.0 Å². The van der Waals surface area contributed by atoms with Gasteiger partial charge < -0.3 is 30.2 Å². The van der Waals surface area contributed by atoms with E-state index in [9.17, 15) is 14.4 Å². The third-order valence-corrected chi connectivity index (χ3v) is 5.86. The largest absolute Gasteiger partial charge is 0.497 e. The minimum Gasteiger partial charge on any atom is -0.497 e. The molecule has 0 bridgehead atoms. The van der Waals surface area contributed by atoms with E-state index in [0.29, 0.717) is 11.6 Å². The van der Waals surface area contributed by atoms with E-state index < -0.39 is 47.1 Å². The molecule has 0 saturated carbocycles. The van der Waals surface area contributed by atoms with Gasteiger partial charge >= 0.3 is 6.09 Å². The number of hydrogen-bond donors (Lipinski definition) is 2. The molecule has 3 amide bonds. The SMILES string of the molecule is COc1ccc2c(O[C@@H]3C[C@@H](C(N)=O)N(C(=O)[C@@H](NC(=O)OC(C)(C)C)C(C)(C)C)C3)nccc2c1. The summed E-state index contributed by atoms with van der Waals surface area (Å²) in [6.07, 6.45) is 0.599. The van der Waals surface area contributed by atoms with Crippen molar-refractivity contribution in [2.45, 2.75) is 71.8 Å². The lowest BCUT2D eigenvalue weighted by molar-refractivity contribution is -0.141. The predicted octanol–water partition coefficient (Wildman–Crippen LogP) is 3.02. The molecule has 36 heavy (non-hydrogen) atoms. The smallest absolute Gasteiger partial charge is 0.408 e. The number of nitrogens with two attached hydrogens (primary N) is 1. The predicted molar refractivity (Wildman–Crippen MR) is 135 cm³/mol. The van der Waals surface area contributed by atoms with Crippen LogP contribution in [0.1, 0.15) is 48.0 Å². The average Bonchev–Trinajstić information content (AvgIpc) is 3.19. The molecule has 0 spiro atoms. The fraction of sp³-hybridized carbons (Fsp3) is 0.538. The van der Waals surface area contributed by atoms with Gasteiger partial charge in [0.2, 0.25) is 17.7 Å². The van der Waals surface area contributed by atoms with Gasteiger partial charge in [0.15, 0.2) is 0 Å². The molecule has 196 valence electrons. The van der Waals surface area contributed by atoms with E-state index in [4.69, 9.17) is 19.9 Å². The van der Waals surface area contributed by atoms with Crippen molar-refractivity contribution in [3.63, 3.8) is 0 Å². The number of benzene rings is 1. The number of rotatable bonds is 6. The number of carbonyl (C=O) groups excluding carboxylic acids is 3. The van der Waals surface area contributed by atoms with Crippen LogP contribution in [0.2, 0.25) is 0 Å². The van der Waals surface area contributed by atoms with Crippen LogP contribution in [0, 0.1) is 5.41 Å². The maximum atomic E-state index is 13.7. The van der Waals surface area contributed by atoms with Crippen LogP contribution in [0.5, 0.6) is 11.6 Å². The van der Waals surface area contributed by atoms with Crippen molar-refractivity contribution in [2.75, 3.05) is 13.7 Å². The zero-order chi connectivity index (χ0) is 26.8. The first kappa shape index (κ1) is 27.0. The Labute approximate surface area is 211 Å². The van der Waals surface area contributed by atoms with Crippen LogP contribution in [-0.4, -0.2) is 65.2 Å². The van der Waals surface area contributed by atoms with Gasteiger partial charge in [0.1, 0.15) is 29.5 Å². The van der Waals surface area contributed by atoms with Crippen molar-refractivity contribution >= 4 is 28.7 Å². The molecule has 1 aromatic heterocycles. The van der Waals surface area contributed by atoms with Gasteiger partial charge in [-0.25, -0.2) is 9.78 Å². The molecule has 2 heterocycles. The van der Waals surface area contributed by atoms with E-state index in [1.54, 1.807) is 34.1 Å². The number of nitrogens with zero attached hydrogens (tertiary/aromatic N) is 2. The number of amides is 3. The van der Waals surface area contributed by atoms with E-state index in [-0.39, 0.29) is 13.0 Å². The van der Waals surface area contributed by atoms with Crippen molar-refractivity contribution in [3.05, 3.63) is 30.5 Å². The number of nitrogens with one attached hydrogen (secondary N) is 1. The van der Waals surface area contributed by atoms with Crippen LogP contribution in [0.15, 0.2) is 30.5 Å². The molecule has 1 aliphatic heterocycles. The lowest BCUT2D eigenvalue weighted by Crippen LogP contribution is -2.58. The Balaban J connectivity index is 1.83. The second-order valence-corrected chi connectivity index (χ2v) is 11.0. The molecule has 0 unspecified atom stereocenters. The number of primary amides is 1. The highest BCUT2D eigenvalue weighted by Crippen LogP contribution is 2.31. The van der Waals surface area contributed by atoms with Crippen LogP contribution >= 0.6 is 0 Å². The van der Waals surface area contributed by atoms with E-state index >= 15 is 0 Å². The molecule has 1 aromatic carbocycles. The summed E-state index contributed by atoms with van der Waals surface area (Å²) < 4.78 is 16.8. The summed E-state index contributed by atoms with van der Waals surface area (Å²) >= 11 is 0. The van der Waals surface area contributed by atoms with Crippen molar-refractivity contribution in [1.82, 2.24) is 15.2 Å². The van der Waals surface area contributed by atoms with Gasteiger partial charge in [-0.2, -0.15) is 0 Å². The normalized spacial score (nSPS) is 19.0. The zero-order valence-corrected chi connectivity index (χ0v) is 22.0. The van der Waals surface area contributed by atoms with Gasteiger partial charge in [-0.3, -0.25) is 9.59 Å². The number of likely N-dealkylation sites (tertiary alicyclic amines) is 1. The van der Waals surface area contributed by atoms with Gasteiger partial charge in [-0.1, -0.05) is 20.8 Å². The Kier molecular flexibility index (Phi) is 7.66. The number of fused-ring (bicyclic) bond motifs is 1. The lowest BCUT2D eigenvalue weighted by atomic mass is 9.85. The Morgan fingerprint density at radius 3 is 2.42 bits per heavy atom. The monoisotopic (exact) mass is 500 g/mol. The van der Waals surface area contributed by atoms with E-state index in [1.807, 2.05) is 45.0 Å². The third kappa shape index (κ3) is 6.35. The fourth-order valence-electron chi connectivity index (χ4n) is 4.14. The van der Waals surface area contributed by atoms with E-state index in [0.717, 1.165) is 10.8 Å². The topological polar surface area (TPSA) is 133 Å². The highest BCUT2D eigenvalue weighted by molar-refractivity contribution is 5.92. The number of ether oxygens (including phenoxy) is 3. The summed E-state index contributed by atoms with van der Waals surface area (Å²) in [4.78, 5) is 44.2. The van der Waals surface area contributed by atoms with E-state index in [1.165, 1.54) is 4.90 Å². The number of alkyl carbamates (subject to hydrolysis) is 1. The number of carbonyl (C=O) groups is 3. The first-order valence-electron chi connectivity index (χ1n) is 11.9. The number of aromatic nitrogens is 1. The average molecular weight is 501 g/mol. The van der Waals surface area contributed by atoms with Crippen molar-refractivity contribution in [1.29, 1.82) is 0 Å². The Bertz CT molecular complexity index is 1140. The highest BCUT2D eigenvalue weighted by atomic mass is 16.6. The summed E-state index contributed by atoms with van der Waals surface area (Å²) in [5, 5.41) is 4.34. The second kappa shape index (κ2) is 10.2. The molecule has 0 radical (unpaired) electrons. The maximum absolute atomic E-state index is 13.7. The first-order chi connectivity index (χ1) is 16.7. The standard InChI is InChI=1S/C26H36N4O6/c1-25(2,3)20(29-24(33)36-26(4,5)6)23(32)30-14-17(13-19(30)21(27)31)35-22-18-9-8-16(34-7)12-15(18)10-11-28-22/h8-12,17,19-20H,13-14H2,1-7H3,(H2,27,31)(H,29,33)/t17-,19+,20-/m1/s1. The van der Waals surface area contributed by atoms with Crippen LogP contribution in [0.4, 0.5) is 4.79 Å².